The van der Waals surface area contributed by atoms with Crippen molar-refractivity contribution >= 4 is 38.1 Å². The van der Waals surface area contributed by atoms with Crippen LogP contribution in [0.2, 0.25) is 0 Å². The van der Waals surface area contributed by atoms with Crippen LogP contribution in [-0.2, 0) is 17.2 Å². The van der Waals surface area contributed by atoms with Crippen molar-refractivity contribution in [1.82, 2.24) is 5.32 Å². The molecule has 0 saturated heterocycles. The summed E-state index contributed by atoms with van der Waals surface area (Å²) >= 11 is 5.42. The molecule has 3 atom stereocenters. The minimum absolute atomic E-state index is 0.224. The maximum atomic E-state index is 11.3. The van der Waals surface area contributed by atoms with Crippen LogP contribution in [0.15, 0.2) is 9.85 Å². The number of hydrogen-bond donors (Lipinski definition) is 1. The second-order valence-electron chi connectivity index (χ2n) is 4.59. The van der Waals surface area contributed by atoms with Gasteiger partial charge in [-0.3, -0.25) is 4.21 Å². The minimum Gasteiger partial charge on any atom is -0.309 e. The zero-order valence-electron chi connectivity index (χ0n) is 10.2. The lowest BCUT2D eigenvalue weighted by molar-refractivity contribution is 0.465. The van der Waals surface area contributed by atoms with E-state index >= 15 is 0 Å². The van der Waals surface area contributed by atoms with E-state index in [0.717, 1.165) is 6.54 Å². The normalized spacial score (nSPS) is 23.1. The highest BCUT2D eigenvalue weighted by Gasteiger charge is 2.22. The summed E-state index contributed by atoms with van der Waals surface area (Å²) in [7, 11) is -0.736. The van der Waals surface area contributed by atoms with Gasteiger partial charge in [0.1, 0.15) is 0 Å². The van der Waals surface area contributed by atoms with Crippen LogP contribution >= 0.6 is 27.3 Å². The molecular weight excluding hydrogens is 318 g/mol. The van der Waals surface area contributed by atoms with Crippen LogP contribution in [0.4, 0.5) is 0 Å². The first-order valence-electron chi connectivity index (χ1n) is 5.91. The van der Waals surface area contributed by atoms with E-state index in [1.54, 1.807) is 6.26 Å². The Morgan fingerprint density at radius 1 is 1.71 bits per heavy atom. The van der Waals surface area contributed by atoms with Crippen LogP contribution in [0.3, 0.4) is 0 Å². The fourth-order valence-electron chi connectivity index (χ4n) is 2.16. The van der Waals surface area contributed by atoms with Gasteiger partial charge < -0.3 is 5.32 Å². The molecule has 0 radical (unpaired) electrons. The fraction of sp³-hybridized carbons (Fsp3) is 0.667. The lowest BCUT2D eigenvalue weighted by atomic mass is 9.94. The Labute approximate surface area is 118 Å². The predicted molar refractivity (Wildman–Crippen MR) is 79.2 cm³/mol. The van der Waals surface area contributed by atoms with Gasteiger partial charge in [-0.25, -0.2) is 0 Å². The van der Waals surface area contributed by atoms with Crippen LogP contribution in [-0.4, -0.2) is 22.3 Å². The van der Waals surface area contributed by atoms with Gasteiger partial charge in [0.25, 0.3) is 0 Å². The van der Waals surface area contributed by atoms with Gasteiger partial charge in [0, 0.05) is 39.8 Å². The van der Waals surface area contributed by atoms with Crippen LogP contribution in [0, 0.1) is 0 Å². The monoisotopic (exact) mass is 335 g/mol. The van der Waals surface area contributed by atoms with Crippen LogP contribution in [0.5, 0.6) is 0 Å². The average Bonchev–Trinajstić information content (AvgIpc) is 2.66. The van der Waals surface area contributed by atoms with Gasteiger partial charge in [-0.2, -0.15) is 0 Å². The molecule has 96 valence electrons. The maximum absolute atomic E-state index is 11.3. The topological polar surface area (TPSA) is 29.1 Å². The molecule has 1 heterocycles. The van der Waals surface area contributed by atoms with Crippen LogP contribution < -0.4 is 5.32 Å². The number of thiophene rings is 1. The first-order valence-corrected chi connectivity index (χ1v) is 9.14. The summed E-state index contributed by atoms with van der Waals surface area (Å²) in [5, 5.41) is 3.79. The summed E-state index contributed by atoms with van der Waals surface area (Å²) in [6.07, 6.45) is 5.43. The van der Waals surface area contributed by atoms with E-state index in [9.17, 15) is 4.21 Å². The third-order valence-corrected chi connectivity index (χ3v) is 6.32. The van der Waals surface area contributed by atoms with Gasteiger partial charge in [0.15, 0.2) is 0 Å². The molecule has 2 rings (SSSR count). The van der Waals surface area contributed by atoms with E-state index in [2.05, 4.69) is 27.3 Å². The summed E-state index contributed by atoms with van der Waals surface area (Å²) in [6, 6.07) is 2.69. The zero-order chi connectivity index (χ0) is 12.4. The Kier molecular flexibility index (Phi) is 4.80. The number of hydrogen-bond acceptors (Lipinski definition) is 3. The largest absolute Gasteiger partial charge is 0.309 e. The summed E-state index contributed by atoms with van der Waals surface area (Å²) in [5.74, 6) is 0. The van der Waals surface area contributed by atoms with Gasteiger partial charge >= 0.3 is 0 Å². The molecule has 0 bridgehead atoms. The van der Waals surface area contributed by atoms with Gasteiger partial charge in [0.05, 0.1) is 3.79 Å². The Morgan fingerprint density at radius 3 is 3.18 bits per heavy atom. The highest BCUT2D eigenvalue weighted by molar-refractivity contribution is 9.11. The SMILES string of the molecule is CC(CNC1CCCc2sc(Br)cc21)S(C)=O. The molecule has 1 aliphatic carbocycles. The first kappa shape index (κ1) is 13.7. The summed E-state index contributed by atoms with van der Waals surface area (Å²) in [4.78, 5) is 1.51. The van der Waals surface area contributed by atoms with Crippen LogP contribution in [0.25, 0.3) is 0 Å². The van der Waals surface area contributed by atoms with Crippen molar-refractivity contribution < 1.29 is 4.21 Å². The Balaban J connectivity index is 2.01. The van der Waals surface area contributed by atoms with E-state index in [-0.39, 0.29) is 5.25 Å². The second-order valence-corrected chi connectivity index (χ2v) is 8.91. The molecule has 0 saturated carbocycles. The molecular formula is C12H18BrNOS2. The summed E-state index contributed by atoms with van der Waals surface area (Å²) < 4.78 is 12.6. The molecule has 2 nitrogen and oxygen atoms in total. The van der Waals surface area contributed by atoms with Gasteiger partial charge in [-0.05, 0) is 53.7 Å². The molecule has 0 aliphatic heterocycles. The maximum Gasteiger partial charge on any atom is 0.0704 e. The lowest BCUT2D eigenvalue weighted by Gasteiger charge is -2.24. The highest BCUT2D eigenvalue weighted by atomic mass is 79.9. The fourth-order valence-corrected chi connectivity index (χ4v) is 4.31. The van der Waals surface area contributed by atoms with Crippen molar-refractivity contribution in [2.45, 2.75) is 37.5 Å². The minimum atomic E-state index is -0.736. The third-order valence-electron chi connectivity index (χ3n) is 3.30. The van der Waals surface area contributed by atoms with Gasteiger partial charge in [-0.1, -0.05) is 0 Å². The Morgan fingerprint density at radius 2 is 2.47 bits per heavy atom. The standard InChI is InChI=1S/C12H18BrNOS2/c1-8(17(2)15)7-14-10-4-3-5-11-9(10)6-12(13)16-11/h6,8,10,14H,3-5,7H2,1-2H3. The zero-order valence-corrected chi connectivity index (χ0v) is 13.4. The molecule has 1 aromatic heterocycles. The highest BCUT2D eigenvalue weighted by Crippen LogP contribution is 2.37. The average molecular weight is 336 g/mol. The van der Waals surface area contributed by atoms with E-state index in [4.69, 9.17) is 0 Å². The van der Waals surface area contributed by atoms with Crippen molar-refractivity contribution in [3.63, 3.8) is 0 Å². The number of nitrogens with one attached hydrogen (secondary N) is 1. The summed E-state index contributed by atoms with van der Waals surface area (Å²) in [5.41, 5.74) is 1.45. The molecule has 17 heavy (non-hydrogen) atoms. The second kappa shape index (κ2) is 5.95. The number of fused-ring (bicyclic) bond motifs is 1. The molecule has 3 unspecified atom stereocenters. The van der Waals surface area contributed by atoms with E-state index in [1.807, 2.05) is 18.3 Å². The predicted octanol–water partition coefficient (Wildman–Crippen LogP) is 3.24. The van der Waals surface area contributed by atoms with Crippen molar-refractivity contribution in [1.29, 1.82) is 0 Å². The lowest BCUT2D eigenvalue weighted by Crippen LogP contribution is -2.32. The van der Waals surface area contributed by atoms with Gasteiger partial charge in [-0.15, -0.1) is 11.3 Å². The van der Waals surface area contributed by atoms with Crippen molar-refractivity contribution in [3.8, 4) is 0 Å². The molecule has 5 heteroatoms. The van der Waals surface area contributed by atoms with E-state index < -0.39 is 10.8 Å². The Bertz CT molecular complexity index is 419. The Hall–Kier alpha value is 0.290. The van der Waals surface area contributed by atoms with E-state index in [0.29, 0.717) is 6.04 Å². The smallest absolute Gasteiger partial charge is 0.0704 e. The first-order chi connectivity index (χ1) is 8.08. The van der Waals surface area contributed by atoms with Crippen molar-refractivity contribution in [2.75, 3.05) is 12.8 Å². The summed E-state index contributed by atoms with van der Waals surface area (Å²) in [6.45, 7) is 2.87. The molecule has 0 spiro atoms. The molecule has 1 aliphatic rings. The number of halogens is 1. The molecule has 0 aromatic carbocycles. The molecule has 0 amide bonds. The quantitative estimate of drug-likeness (QED) is 0.915. The number of aryl methyl sites for hydroxylation is 1. The number of rotatable bonds is 4. The van der Waals surface area contributed by atoms with Crippen molar-refractivity contribution in [2.24, 2.45) is 0 Å². The van der Waals surface area contributed by atoms with Crippen molar-refractivity contribution in [3.05, 3.63) is 20.3 Å². The molecule has 1 N–H and O–H groups in total. The molecule has 1 aromatic rings. The third kappa shape index (κ3) is 3.40. The van der Waals surface area contributed by atoms with E-state index in [1.165, 1.54) is 33.5 Å². The van der Waals surface area contributed by atoms with Gasteiger partial charge in [0.2, 0.25) is 0 Å². The van der Waals surface area contributed by atoms with Crippen LogP contribution in [0.1, 0.15) is 36.2 Å². The molecule has 0 fully saturated rings.